The van der Waals surface area contributed by atoms with E-state index in [4.69, 9.17) is 0 Å². The van der Waals surface area contributed by atoms with Crippen molar-refractivity contribution in [1.29, 1.82) is 0 Å². The number of nitrogens with one attached hydrogen (secondary N) is 4. The third kappa shape index (κ3) is 7.75. The minimum Gasteiger partial charge on any atom is -0.506 e. The van der Waals surface area contributed by atoms with Crippen LogP contribution in [0.1, 0.15) is 70.5 Å². The van der Waals surface area contributed by atoms with Crippen molar-refractivity contribution in [2.24, 2.45) is 0 Å². The maximum atomic E-state index is 12.8. The van der Waals surface area contributed by atoms with Crippen molar-refractivity contribution >= 4 is 30.4 Å². The van der Waals surface area contributed by atoms with Gasteiger partial charge in [-0.05, 0) is 79.6 Å². The second-order valence-corrected chi connectivity index (χ2v) is 10.7. The molecule has 0 radical (unpaired) electrons. The maximum absolute atomic E-state index is 12.8. The highest BCUT2D eigenvalue weighted by molar-refractivity contribution is 5.94. The van der Waals surface area contributed by atoms with Crippen LogP contribution in [0.3, 0.4) is 0 Å². The molecule has 43 heavy (non-hydrogen) atoms. The third-order valence-electron chi connectivity index (χ3n) is 7.84. The Bertz CT molecular complexity index is 1460. The quantitative estimate of drug-likeness (QED) is 0.0851. The van der Waals surface area contributed by atoms with Gasteiger partial charge in [-0.1, -0.05) is 54.6 Å². The van der Waals surface area contributed by atoms with E-state index >= 15 is 0 Å². The molecule has 0 saturated heterocycles. The minimum atomic E-state index is -0.842. The normalized spacial score (nSPS) is 16.5. The fraction of sp³-hybridized carbons (Fsp3) is 0.324. The Balaban J connectivity index is 1.20. The molecule has 9 heteroatoms. The fourth-order valence-electron chi connectivity index (χ4n) is 5.57. The number of hydrogen-bond acceptors (Lipinski definition) is 7. The summed E-state index contributed by atoms with van der Waals surface area (Å²) in [6.45, 7) is 3.74. The smallest absolute Gasteiger partial charge is 0.251 e. The van der Waals surface area contributed by atoms with Gasteiger partial charge in [0.05, 0.1) is 11.8 Å². The molecule has 226 valence electrons. The van der Waals surface area contributed by atoms with E-state index < -0.39 is 11.6 Å². The molecule has 0 spiro atoms. The second-order valence-electron chi connectivity index (χ2n) is 10.7. The number of phenols is 1. The minimum absolute atomic E-state index is 0.0731. The largest absolute Gasteiger partial charge is 0.506 e. The van der Waals surface area contributed by atoms with Crippen LogP contribution in [0.25, 0.3) is 6.08 Å². The van der Waals surface area contributed by atoms with Crippen molar-refractivity contribution in [1.82, 2.24) is 16.0 Å². The summed E-state index contributed by atoms with van der Waals surface area (Å²) < 4.78 is 0. The number of hydrogen-bond donors (Lipinski definition) is 6. The van der Waals surface area contributed by atoms with E-state index in [1.165, 1.54) is 11.6 Å². The lowest BCUT2D eigenvalue weighted by Gasteiger charge is -2.25. The number of aryl methyl sites for hydroxylation is 1. The van der Waals surface area contributed by atoms with Gasteiger partial charge in [-0.2, -0.15) is 0 Å². The number of allylic oxidation sites excluding steroid dienone is 1. The number of phenolic OH excluding ortho intramolecular Hbond substituents is 1. The summed E-state index contributed by atoms with van der Waals surface area (Å²) in [5.74, 6) is -0.221. The number of rotatable bonds is 16. The number of fused-ring (bicyclic) bond motifs is 1. The van der Waals surface area contributed by atoms with Crippen molar-refractivity contribution in [3.05, 3.63) is 100 Å². The van der Waals surface area contributed by atoms with Gasteiger partial charge in [-0.25, -0.2) is 0 Å². The summed E-state index contributed by atoms with van der Waals surface area (Å²) in [7, 11) is 0. The van der Waals surface area contributed by atoms with E-state index in [0.717, 1.165) is 43.1 Å². The van der Waals surface area contributed by atoms with Crippen LogP contribution in [0.2, 0.25) is 0 Å². The Morgan fingerprint density at radius 3 is 2.65 bits per heavy atom. The molecule has 3 aromatic rings. The van der Waals surface area contributed by atoms with Crippen LogP contribution < -0.4 is 21.3 Å². The highest BCUT2D eigenvalue weighted by Crippen LogP contribution is 2.36. The molecule has 1 aliphatic rings. The summed E-state index contributed by atoms with van der Waals surface area (Å²) >= 11 is 0. The first-order chi connectivity index (χ1) is 20.9. The predicted octanol–water partition coefficient (Wildman–Crippen LogP) is 3.96. The van der Waals surface area contributed by atoms with E-state index in [1.807, 2.05) is 43.3 Å². The molecular formula is C34H40N4O5. The monoisotopic (exact) mass is 584 g/mol. The van der Waals surface area contributed by atoms with E-state index in [-0.39, 0.29) is 17.3 Å². The number of benzene rings is 3. The average Bonchev–Trinajstić information content (AvgIpc) is 3.40. The average molecular weight is 585 g/mol. The van der Waals surface area contributed by atoms with E-state index in [2.05, 4.69) is 27.3 Å². The Hall–Kier alpha value is -4.31. The molecule has 6 N–H and O–H groups in total. The topological polar surface area (TPSA) is 140 Å². The standard InChI is InChI=1S/C34H40N4O5/c1-2-8-28-27(13-14-30(41)32(28)37-23-40)31(42)21-35-17-5-6-18-36-33(43)26-11-7-9-24(19-26)20-38-34(22-39)16-15-25-10-3-4-12-29(25)34/h2-4,7-14,19,22-23,31,35,38,41-42H,5-6,15-18,20-21H2,1H3,(H,36,43)(H,37,40)/b8-2-. The van der Waals surface area contributed by atoms with Crippen LogP contribution in [0, 0.1) is 0 Å². The van der Waals surface area contributed by atoms with Gasteiger partial charge < -0.3 is 31.0 Å². The van der Waals surface area contributed by atoms with Gasteiger partial charge in [0.15, 0.2) is 0 Å². The Morgan fingerprint density at radius 2 is 1.86 bits per heavy atom. The summed E-state index contributed by atoms with van der Waals surface area (Å²) in [6.07, 6.45) is 7.28. The molecule has 1 aliphatic carbocycles. The van der Waals surface area contributed by atoms with Crippen LogP contribution in [-0.2, 0) is 28.1 Å². The molecule has 9 nitrogen and oxygen atoms in total. The number of unbranched alkanes of at least 4 members (excludes halogenated alkanes) is 1. The first-order valence-corrected chi connectivity index (χ1v) is 14.7. The van der Waals surface area contributed by atoms with E-state index in [9.17, 15) is 24.6 Å². The van der Waals surface area contributed by atoms with Crippen molar-refractivity contribution in [2.45, 2.75) is 50.8 Å². The molecule has 0 fully saturated rings. The molecule has 2 atom stereocenters. The zero-order valence-electron chi connectivity index (χ0n) is 24.4. The van der Waals surface area contributed by atoms with Crippen molar-refractivity contribution in [3.8, 4) is 5.75 Å². The zero-order chi connectivity index (χ0) is 30.7. The van der Waals surface area contributed by atoms with E-state index in [1.54, 1.807) is 24.3 Å². The van der Waals surface area contributed by atoms with Gasteiger partial charge in [-0.3, -0.25) is 14.9 Å². The van der Waals surface area contributed by atoms with Crippen LogP contribution in [0.5, 0.6) is 5.75 Å². The molecule has 0 bridgehead atoms. The number of aliphatic hydroxyl groups is 1. The molecule has 0 saturated carbocycles. The number of aliphatic hydroxyl groups excluding tert-OH is 1. The van der Waals surface area contributed by atoms with Crippen LogP contribution in [0.4, 0.5) is 5.69 Å². The molecular weight excluding hydrogens is 544 g/mol. The van der Waals surface area contributed by atoms with Crippen molar-refractivity contribution in [2.75, 3.05) is 25.0 Å². The number of aldehydes is 1. The van der Waals surface area contributed by atoms with Crippen LogP contribution >= 0.6 is 0 Å². The number of carbonyl (C=O) groups excluding carboxylic acids is 3. The zero-order valence-corrected chi connectivity index (χ0v) is 24.4. The lowest BCUT2D eigenvalue weighted by atomic mass is 9.93. The van der Waals surface area contributed by atoms with Crippen LogP contribution in [0.15, 0.2) is 66.7 Å². The molecule has 0 heterocycles. The predicted molar refractivity (Wildman–Crippen MR) is 168 cm³/mol. The van der Waals surface area contributed by atoms with E-state index in [0.29, 0.717) is 49.3 Å². The van der Waals surface area contributed by atoms with Gasteiger partial charge in [0, 0.05) is 30.8 Å². The maximum Gasteiger partial charge on any atom is 0.251 e. The number of aromatic hydroxyl groups is 1. The van der Waals surface area contributed by atoms with Crippen molar-refractivity contribution in [3.63, 3.8) is 0 Å². The Labute approximate surface area is 252 Å². The number of amides is 2. The molecule has 0 aliphatic heterocycles. The molecule has 2 amide bonds. The SMILES string of the molecule is C/C=C\c1c(C(O)CNCCCCNC(=O)c2cccc(CNC3(C=O)CCc4ccccc43)c2)ccc(O)c1NC=O. The second kappa shape index (κ2) is 15.2. The molecule has 2 unspecified atom stereocenters. The van der Waals surface area contributed by atoms with Gasteiger partial charge >= 0.3 is 0 Å². The molecule has 4 rings (SSSR count). The highest BCUT2D eigenvalue weighted by Gasteiger charge is 2.37. The summed E-state index contributed by atoms with van der Waals surface area (Å²) in [5.41, 5.74) is 4.43. The van der Waals surface area contributed by atoms with Crippen LogP contribution in [-0.4, -0.2) is 48.5 Å². The molecule has 3 aromatic carbocycles. The van der Waals surface area contributed by atoms with Gasteiger partial charge in [0.2, 0.25) is 6.41 Å². The lowest BCUT2D eigenvalue weighted by molar-refractivity contribution is -0.113. The van der Waals surface area contributed by atoms with Gasteiger partial charge in [0.1, 0.15) is 17.6 Å². The first-order valence-electron chi connectivity index (χ1n) is 14.7. The van der Waals surface area contributed by atoms with Gasteiger partial charge in [0.25, 0.3) is 5.91 Å². The molecule has 0 aromatic heterocycles. The first kappa shape index (κ1) is 31.6. The number of carbonyl (C=O) groups is 3. The number of anilines is 1. The Kier molecular flexibility index (Phi) is 11.2. The Morgan fingerprint density at radius 1 is 1.05 bits per heavy atom. The summed E-state index contributed by atoms with van der Waals surface area (Å²) in [6, 6.07) is 18.5. The van der Waals surface area contributed by atoms with Gasteiger partial charge in [-0.15, -0.1) is 0 Å². The summed E-state index contributed by atoms with van der Waals surface area (Å²) in [5, 5.41) is 33.0. The highest BCUT2D eigenvalue weighted by atomic mass is 16.3. The lowest BCUT2D eigenvalue weighted by Crippen LogP contribution is -2.41. The third-order valence-corrected chi connectivity index (χ3v) is 7.84. The summed E-state index contributed by atoms with van der Waals surface area (Å²) in [4.78, 5) is 35.9. The fourth-order valence-corrected chi connectivity index (χ4v) is 5.57. The van der Waals surface area contributed by atoms with Crippen molar-refractivity contribution < 1.29 is 24.6 Å².